The largest absolute Gasteiger partial charge is 0.355 e. The van der Waals surface area contributed by atoms with E-state index in [2.05, 4.69) is 15.2 Å². The minimum absolute atomic E-state index is 0.191. The highest BCUT2D eigenvalue weighted by molar-refractivity contribution is 5.79. The first kappa shape index (κ1) is 17.2. The lowest BCUT2D eigenvalue weighted by molar-refractivity contribution is 0.255. The number of benzene rings is 1. The van der Waals surface area contributed by atoms with E-state index in [1.165, 1.54) is 38.3 Å². The fraction of sp³-hybridized carbons (Fsp3) is 0.632. The molecule has 2 saturated carbocycles. The molecule has 2 aliphatic rings. The van der Waals surface area contributed by atoms with E-state index in [1.54, 1.807) is 19.2 Å². The van der Waals surface area contributed by atoms with Crippen molar-refractivity contribution in [1.82, 2.24) is 15.1 Å². The molecule has 4 nitrogen and oxygen atoms in total. The summed E-state index contributed by atoms with van der Waals surface area (Å²) in [4.78, 5) is 9.04. The average Bonchev–Trinajstić information content (AvgIpc) is 3.44. The van der Waals surface area contributed by atoms with Gasteiger partial charge in [-0.15, -0.1) is 0 Å². The lowest BCUT2D eigenvalue weighted by Gasteiger charge is -2.25. The summed E-state index contributed by atoms with van der Waals surface area (Å²) < 4.78 is 13.3. The standard InChI is InChI=1S/C19H29FN4/c1-21-19(23(2)13-16-4-3-5-17(20)12-16)22-10-11-24(18-8-9-18)14-15-6-7-15/h3-5,12,15,18H,6-11,13-14H2,1-2H3,(H,21,22). The Morgan fingerprint density at radius 1 is 1.29 bits per heavy atom. The molecule has 2 fully saturated rings. The number of hydrogen-bond acceptors (Lipinski definition) is 2. The zero-order valence-corrected chi connectivity index (χ0v) is 14.8. The van der Waals surface area contributed by atoms with Gasteiger partial charge in [0.1, 0.15) is 5.82 Å². The molecule has 1 aromatic rings. The lowest BCUT2D eigenvalue weighted by atomic mass is 10.2. The molecule has 5 heteroatoms. The van der Waals surface area contributed by atoms with Gasteiger partial charge in [0, 0.05) is 46.3 Å². The quantitative estimate of drug-likeness (QED) is 0.587. The number of guanidine groups is 1. The topological polar surface area (TPSA) is 30.9 Å². The van der Waals surface area contributed by atoms with Gasteiger partial charge in [-0.1, -0.05) is 12.1 Å². The van der Waals surface area contributed by atoms with Crippen molar-refractivity contribution in [2.75, 3.05) is 33.7 Å². The highest BCUT2D eigenvalue weighted by Gasteiger charge is 2.33. The molecule has 0 saturated heterocycles. The molecule has 0 aromatic heterocycles. The summed E-state index contributed by atoms with van der Waals surface area (Å²) in [5, 5.41) is 3.45. The summed E-state index contributed by atoms with van der Waals surface area (Å²) in [6, 6.07) is 7.56. The second-order valence-corrected chi connectivity index (χ2v) is 7.13. The highest BCUT2D eigenvalue weighted by atomic mass is 19.1. The van der Waals surface area contributed by atoms with E-state index in [9.17, 15) is 4.39 Å². The SMILES string of the molecule is CN=C(NCCN(CC1CC1)C1CC1)N(C)Cc1cccc(F)c1. The second kappa shape index (κ2) is 7.97. The number of rotatable bonds is 8. The fourth-order valence-electron chi connectivity index (χ4n) is 3.17. The summed E-state index contributed by atoms with van der Waals surface area (Å²) in [5.74, 6) is 1.62. The molecule has 0 heterocycles. The van der Waals surface area contributed by atoms with Crippen LogP contribution in [0.1, 0.15) is 31.2 Å². The van der Waals surface area contributed by atoms with Crippen LogP contribution in [0.25, 0.3) is 0 Å². The van der Waals surface area contributed by atoms with Crippen LogP contribution >= 0.6 is 0 Å². The number of halogens is 1. The van der Waals surface area contributed by atoms with Crippen LogP contribution in [0, 0.1) is 11.7 Å². The maximum Gasteiger partial charge on any atom is 0.193 e. The first-order valence-electron chi connectivity index (χ1n) is 9.06. The third kappa shape index (κ3) is 5.20. The Balaban J connectivity index is 1.45. The lowest BCUT2D eigenvalue weighted by Crippen LogP contribution is -2.43. The van der Waals surface area contributed by atoms with Crippen LogP contribution in [0.4, 0.5) is 4.39 Å². The van der Waals surface area contributed by atoms with Gasteiger partial charge in [0.15, 0.2) is 5.96 Å². The molecule has 24 heavy (non-hydrogen) atoms. The normalized spacial score (nSPS) is 18.1. The van der Waals surface area contributed by atoms with Crippen LogP contribution in [-0.4, -0.2) is 55.5 Å². The Kier molecular flexibility index (Phi) is 5.72. The molecule has 3 rings (SSSR count). The van der Waals surface area contributed by atoms with Gasteiger partial charge in [0.05, 0.1) is 0 Å². The van der Waals surface area contributed by atoms with E-state index < -0.39 is 0 Å². The molecule has 0 amide bonds. The Hall–Kier alpha value is -1.62. The summed E-state index contributed by atoms with van der Waals surface area (Å²) in [6.45, 7) is 3.90. The Morgan fingerprint density at radius 3 is 2.71 bits per heavy atom. The summed E-state index contributed by atoms with van der Waals surface area (Å²) in [5.41, 5.74) is 0.953. The van der Waals surface area contributed by atoms with Gasteiger partial charge in [-0.05, 0) is 49.3 Å². The van der Waals surface area contributed by atoms with Crippen LogP contribution in [0.5, 0.6) is 0 Å². The van der Waals surface area contributed by atoms with E-state index in [0.29, 0.717) is 6.54 Å². The van der Waals surface area contributed by atoms with E-state index in [4.69, 9.17) is 0 Å². The van der Waals surface area contributed by atoms with Gasteiger partial charge in [0.2, 0.25) is 0 Å². The molecule has 0 aliphatic heterocycles. The fourth-order valence-corrected chi connectivity index (χ4v) is 3.17. The molecule has 0 unspecified atom stereocenters. The van der Waals surface area contributed by atoms with Gasteiger partial charge in [-0.2, -0.15) is 0 Å². The predicted octanol–water partition coefficient (Wildman–Crippen LogP) is 2.71. The van der Waals surface area contributed by atoms with Gasteiger partial charge in [-0.25, -0.2) is 4.39 Å². The van der Waals surface area contributed by atoms with Crippen molar-refractivity contribution >= 4 is 5.96 Å². The summed E-state index contributed by atoms with van der Waals surface area (Å²) in [7, 11) is 3.79. The zero-order valence-electron chi connectivity index (χ0n) is 14.8. The number of nitrogens with one attached hydrogen (secondary N) is 1. The van der Waals surface area contributed by atoms with Crippen LogP contribution in [0.15, 0.2) is 29.3 Å². The third-order valence-corrected chi connectivity index (χ3v) is 4.82. The minimum Gasteiger partial charge on any atom is -0.355 e. The summed E-state index contributed by atoms with van der Waals surface area (Å²) in [6.07, 6.45) is 5.55. The minimum atomic E-state index is -0.191. The van der Waals surface area contributed by atoms with Crippen molar-refractivity contribution in [3.8, 4) is 0 Å². The maximum atomic E-state index is 13.3. The molecular formula is C19H29FN4. The number of aliphatic imine (C=N–C) groups is 1. The van der Waals surface area contributed by atoms with Gasteiger partial charge >= 0.3 is 0 Å². The zero-order chi connectivity index (χ0) is 16.9. The molecule has 0 spiro atoms. The van der Waals surface area contributed by atoms with E-state index in [-0.39, 0.29) is 5.82 Å². The van der Waals surface area contributed by atoms with Crippen molar-refractivity contribution < 1.29 is 4.39 Å². The molecule has 0 radical (unpaired) electrons. The third-order valence-electron chi connectivity index (χ3n) is 4.82. The van der Waals surface area contributed by atoms with E-state index in [1.807, 2.05) is 18.0 Å². The first-order valence-corrected chi connectivity index (χ1v) is 9.06. The summed E-state index contributed by atoms with van der Waals surface area (Å²) >= 11 is 0. The molecule has 132 valence electrons. The van der Waals surface area contributed by atoms with Crippen molar-refractivity contribution in [2.45, 2.75) is 38.3 Å². The molecule has 0 atom stereocenters. The van der Waals surface area contributed by atoms with Crippen molar-refractivity contribution in [2.24, 2.45) is 10.9 Å². The molecular weight excluding hydrogens is 303 g/mol. The smallest absolute Gasteiger partial charge is 0.193 e. The predicted molar refractivity (Wildman–Crippen MR) is 96.5 cm³/mol. The number of hydrogen-bond donors (Lipinski definition) is 1. The molecule has 0 bridgehead atoms. The Labute approximate surface area is 144 Å². The number of nitrogens with zero attached hydrogens (tertiary/aromatic N) is 3. The first-order chi connectivity index (χ1) is 11.7. The van der Waals surface area contributed by atoms with Crippen LogP contribution in [0.3, 0.4) is 0 Å². The van der Waals surface area contributed by atoms with E-state index in [0.717, 1.165) is 36.6 Å². The Bertz CT molecular complexity index is 566. The highest BCUT2D eigenvalue weighted by Crippen LogP contribution is 2.34. The maximum absolute atomic E-state index is 13.3. The van der Waals surface area contributed by atoms with Gasteiger partial charge in [-0.3, -0.25) is 9.89 Å². The van der Waals surface area contributed by atoms with Crippen LogP contribution < -0.4 is 5.32 Å². The molecule has 1 N–H and O–H groups in total. The Morgan fingerprint density at radius 2 is 2.08 bits per heavy atom. The van der Waals surface area contributed by atoms with Crippen molar-refractivity contribution in [1.29, 1.82) is 0 Å². The van der Waals surface area contributed by atoms with Crippen molar-refractivity contribution in [3.05, 3.63) is 35.6 Å². The average molecular weight is 332 g/mol. The van der Waals surface area contributed by atoms with Gasteiger partial charge in [0.25, 0.3) is 0 Å². The van der Waals surface area contributed by atoms with E-state index >= 15 is 0 Å². The molecule has 1 aromatic carbocycles. The second-order valence-electron chi connectivity index (χ2n) is 7.13. The van der Waals surface area contributed by atoms with Crippen LogP contribution in [-0.2, 0) is 6.54 Å². The van der Waals surface area contributed by atoms with Crippen molar-refractivity contribution in [3.63, 3.8) is 0 Å². The molecule has 2 aliphatic carbocycles. The van der Waals surface area contributed by atoms with Gasteiger partial charge < -0.3 is 10.2 Å². The van der Waals surface area contributed by atoms with Crippen LogP contribution in [0.2, 0.25) is 0 Å². The monoisotopic (exact) mass is 332 g/mol.